The number of rotatable bonds is 2. The van der Waals surface area contributed by atoms with Gasteiger partial charge >= 0.3 is 6.18 Å². The van der Waals surface area contributed by atoms with Crippen molar-refractivity contribution < 1.29 is 17.6 Å². The van der Waals surface area contributed by atoms with Crippen molar-refractivity contribution in [1.29, 1.82) is 0 Å². The molecule has 0 amide bonds. The van der Waals surface area contributed by atoms with Crippen LogP contribution in [0, 0.1) is 5.82 Å². The van der Waals surface area contributed by atoms with Gasteiger partial charge in [-0.1, -0.05) is 24.8 Å². The Hall–Kier alpha value is -2.10. The first-order chi connectivity index (χ1) is 8.90. The van der Waals surface area contributed by atoms with Crippen LogP contribution in [0.5, 0.6) is 0 Å². The third-order valence-electron chi connectivity index (χ3n) is 2.68. The van der Waals surface area contributed by atoms with Crippen LogP contribution in [0.1, 0.15) is 11.1 Å². The van der Waals surface area contributed by atoms with E-state index in [4.69, 9.17) is 0 Å². The minimum atomic E-state index is -4.41. The number of alkyl halides is 3. The maximum absolute atomic E-state index is 13.4. The molecule has 2 aromatic carbocycles. The van der Waals surface area contributed by atoms with Crippen molar-refractivity contribution in [3.63, 3.8) is 0 Å². The fourth-order valence-electron chi connectivity index (χ4n) is 1.77. The van der Waals surface area contributed by atoms with Gasteiger partial charge in [0.15, 0.2) is 0 Å². The smallest absolute Gasteiger partial charge is 0.207 e. The highest BCUT2D eigenvalue weighted by Gasteiger charge is 2.30. The molecule has 0 atom stereocenters. The van der Waals surface area contributed by atoms with E-state index in [2.05, 4.69) is 6.58 Å². The Morgan fingerprint density at radius 1 is 0.947 bits per heavy atom. The summed E-state index contributed by atoms with van der Waals surface area (Å²) in [6.45, 7) is 3.52. The van der Waals surface area contributed by atoms with Crippen LogP contribution in [0.15, 0.2) is 49.0 Å². The number of hydrogen-bond acceptors (Lipinski definition) is 0. The third kappa shape index (κ3) is 3.02. The van der Waals surface area contributed by atoms with Gasteiger partial charge in [0.25, 0.3) is 0 Å². The van der Waals surface area contributed by atoms with E-state index in [1.807, 2.05) is 0 Å². The zero-order chi connectivity index (χ0) is 14.0. The average Bonchev–Trinajstić information content (AvgIpc) is 2.37. The fraction of sp³-hybridized carbons (Fsp3) is 0.0667. The van der Waals surface area contributed by atoms with E-state index >= 15 is 0 Å². The maximum Gasteiger partial charge on any atom is 0.416 e. The van der Waals surface area contributed by atoms with Crippen LogP contribution in [-0.2, 0) is 6.18 Å². The molecule has 0 nitrogen and oxygen atoms in total. The summed E-state index contributed by atoms with van der Waals surface area (Å²) in [5.74, 6) is -0.509. The first kappa shape index (κ1) is 13.3. The van der Waals surface area contributed by atoms with Gasteiger partial charge in [-0.25, -0.2) is 4.39 Å². The van der Waals surface area contributed by atoms with E-state index in [-0.39, 0.29) is 0 Å². The summed E-state index contributed by atoms with van der Waals surface area (Å²) < 4.78 is 51.2. The monoisotopic (exact) mass is 266 g/mol. The Morgan fingerprint density at radius 3 is 2.32 bits per heavy atom. The summed E-state index contributed by atoms with van der Waals surface area (Å²) in [4.78, 5) is 0. The van der Waals surface area contributed by atoms with E-state index in [1.165, 1.54) is 30.3 Å². The van der Waals surface area contributed by atoms with Crippen LogP contribution in [0.3, 0.4) is 0 Å². The Bertz CT molecular complexity index is 612. The summed E-state index contributed by atoms with van der Waals surface area (Å²) >= 11 is 0. The van der Waals surface area contributed by atoms with Gasteiger partial charge in [0, 0.05) is 0 Å². The minimum Gasteiger partial charge on any atom is -0.207 e. The molecule has 0 bridgehead atoms. The van der Waals surface area contributed by atoms with Gasteiger partial charge in [-0.15, -0.1) is 0 Å². The van der Waals surface area contributed by atoms with Crippen LogP contribution in [0.4, 0.5) is 17.6 Å². The molecule has 0 unspecified atom stereocenters. The van der Waals surface area contributed by atoms with Crippen molar-refractivity contribution in [2.24, 2.45) is 0 Å². The summed E-state index contributed by atoms with van der Waals surface area (Å²) in [7, 11) is 0. The minimum absolute atomic E-state index is 0.317. The second-order valence-corrected chi connectivity index (χ2v) is 4.06. The maximum atomic E-state index is 13.4. The predicted molar refractivity (Wildman–Crippen MR) is 66.9 cm³/mol. The van der Waals surface area contributed by atoms with Crippen LogP contribution in [-0.4, -0.2) is 0 Å². The Kier molecular flexibility index (Phi) is 3.42. The lowest BCUT2D eigenvalue weighted by Crippen LogP contribution is -2.04. The quantitative estimate of drug-likeness (QED) is 0.659. The molecule has 0 aromatic heterocycles. The molecule has 0 N–H and O–H groups in total. The summed E-state index contributed by atoms with van der Waals surface area (Å²) in [5, 5.41) is 0. The van der Waals surface area contributed by atoms with E-state index in [1.54, 1.807) is 6.07 Å². The largest absolute Gasteiger partial charge is 0.416 e. The SMILES string of the molecule is C=Cc1cc(F)cc(-c2cccc(C(F)(F)F)c2)c1. The first-order valence-corrected chi connectivity index (χ1v) is 5.51. The van der Waals surface area contributed by atoms with Crippen molar-refractivity contribution in [2.75, 3.05) is 0 Å². The summed E-state index contributed by atoms with van der Waals surface area (Å²) in [6.07, 6.45) is -2.97. The zero-order valence-electron chi connectivity index (χ0n) is 9.84. The van der Waals surface area contributed by atoms with Gasteiger partial charge < -0.3 is 0 Å². The molecule has 0 aliphatic heterocycles. The molecule has 2 aromatic rings. The highest BCUT2D eigenvalue weighted by Crippen LogP contribution is 2.32. The first-order valence-electron chi connectivity index (χ1n) is 5.51. The standard InChI is InChI=1S/C15H10F4/c1-2-10-6-12(9-14(16)7-10)11-4-3-5-13(8-11)15(17,18)19/h2-9H,1H2. The average molecular weight is 266 g/mol. The second-order valence-electron chi connectivity index (χ2n) is 4.06. The van der Waals surface area contributed by atoms with Crippen LogP contribution < -0.4 is 0 Å². The van der Waals surface area contributed by atoms with Crippen LogP contribution >= 0.6 is 0 Å². The molecule has 19 heavy (non-hydrogen) atoms. The molecule has 0 aliphatic carbocycles. The van der Waals surface area contributed by atoms with Gasteiger partial charge in [-0.3, -0.25) is 0 Å². The summed E-state index contributed by atoms with van der Waals surface area (Å²) in [5.41, 5.74) is 0.472. The molecule has 4 heteroatoms. The van der Waals surface area contributed by atoms with Crippen molar-refractivity contribution in [1.82, 2.24) is 0 Å². The lowest BCUT2D eigenvalue weighted by Gasteiger charge is -2.09. The zero-order valence-corrected chi connectivity index (χ0v) is 9.84. The molecular weight excluding hydrogens is 256 g/mol. The highest BCUT2D eigenvalue weighted by atomic mass is 19.4. The van der Waals surface area contributed by atoms with E-state index in [0.717, 1.165) is 12.1 Å². The van der Waals surface area contributed by atoms with Gasteiger partial charge in [-0.05, 0) is 47.0 Å². The number of hydrogen-bond donors (Lipinski definition) is 0. The Morgan fingerprint density at radius 2 is 1.68 bits per heavy atom. The molecule has 0 heterocycles. The van der Waals surface area contributed by atoms with Gasteiger partial charge in [0.2, 0.25) is 0 Å². The number of halogens is 4. The lowest BCUT2D eigenvalue weighted by atomic mass is 10.0. The summed E-state index contributed by atoms with van der Waals surface area (Å²) in [6, 6.07) is 8.85. The fourth-order valence-corrected chi connectivity index (χ4v) is 1.77. The van der Waals surface area contributed by atoms with Crippen LogP contribution in [0.2, 0.25) is 0 Å². The molecule has 0 spiro atoms. The van der Waals surface area contributed by atoms with E-state index < -0.39 is 17.6 Å². The number of benzene rings is 2. The van der Waals surface area contributed by atoms with Crippen molar-refractivity contribution in [3.8, 4) is 11.1 Å². The molecular formula is C15H10F4. The second kappa shape index (κ2) is 4.88. The van der Waals surface area contributed by atoms with Gasteiger partial charge in [0.1, 0.15) is 5.82 Å². The van der Waals surface area contributed by atoms with Crippen molar-refractivity contribution in [2.45, 2.75) is 6.18 Å². The predicted octanol–water partition coefficient (Wildman–Crippen LogP) is 5.15. The van der Waals surface area contributed by atoms with Gasteiger partial charge in [0.05, 0.1) is 5.56 Å². The molecule has 0 radical (unpaired) electrons. The third-order valence-corrected chi connectivity index (χ3v) is 2.68. The Labute approximate surface area is 108 Å². The van der Waals surface area contributed by atoms with Gasteiger partial charge in [-0.2, -0.15) is 13.2 Å². The molecule has 2 rings (SSSR count). The molecule has 0 aliphatic rings. The van der Waals surface area contributed by atoms with Crippen LogP contribution in [0.25, 0.3) is 17.2 Å². The highest BCUT2D eigenvalue weighted by molar-refractivity contribution is 5.68. The molecule has 0 saturated carbocycles. The van der Waals surface area contributed by atoms with E-state index in [9.17, 15) is 17.6 Å². The van der Waals surface area contributed by atoms with Crippen molar-refractivity contribution in [3.05, 3.63) is 66.0 Å². The molecule has 98 valence electrons. The normalized spacial score (nSPS) is 11.4. The lowest BCUT2D eigenvalue weighted by molar-refractivity contribution is -0.137. The van der Waals surface area contributed by atoms with E-state index in [0.29, 0.717) is 16.7 Å². The molecule has 0 fully saturated rings. The topological polar surface area (TPSA) is 0 Å². The molecule has 0 saturated heterocycles. The van der Waals surface area contributed by atoms with Crippen molar-refractivity contribution >= 4 is 6.08 Å². The Balaban J connectivity index is 2.53.